The maximum atomic E-state index is 5.47. The van der Waals surface area contributed by atoms with Gasteiger partial charge in [-0.3, -0.25) is 14.1 Å². The van der Waals surface area contributed by atoms with E-state index in [2.05, 4.69) is 300 Å². The zero-order chi connectivity index (χ0) is 59.2. The lowest BCUT2D eigenvalue weighted by atomic mass is 9.86. The normalized spacial score (nSPS) is 11.8. The number of aromatic nitrogens is 6. The smallest absolute Gasteiger partial charge is 0.164 e. The second kappa shape index (κ2) is 20.8. The molecule has 418 valence electrons. The molecule has 0 saturated carbocycles. The third kappa shape index (κ3) is 8.34. The predicted molar refractivity (Wildman–Crippen MR) is 374 cm³/mol. The number of nitrogens with zero attached hydrogens (tertiary/aromatic N) is 6. The van der Waals surface area contributed by atoms with Gasteiger partial charge in [0.05, 0.1) is 27.8 Å². The van der Waals surface area contributed by atoms with Gasteiger partial charge in [-0.15, -0.1) is 0 Å². The van der Waals surface area contributed by atoms with Gasteiger partial charge < -0.3 is 0 Å². The van der Waals surface area contributed by atoms with Crippen LogP contribution >= 0.6 is 0 Å². The van der Waals surface area contributed by atoms with Crippen molar-refractivity contribution in [2.24, 2.45) is 0 Å². The Labute approximate surface area is 518 Å². The van der Waals surface area contributed by atoms with Crippen LogP contribution in [-0.4, -0.2) is 29.1 Å². The number of hydrogen-bond acceptors (Lipinski definition) is 4. The van der Waals surface area contributed by atoms with Crippen molar-refractivity contribution in [1.29, 1.82) is 0 Å². The van der Waals surface area contributed by atoms with Crippen molar-refractivity contribution >= 4 is 86.7 Å². The molecule has 0 fully saturated rings. The molecule has 90 heavy (non-hydrogen) atoms. The molecule has 0 aliphatic rings. The van der Waals surface area contributed by atoms with Crippen LogP contribution in [0.25, 0.3) is 177 Å². The van der Waals surface area contributed by atoms with Gasteiger partial charge in [-0.1, -0.05) is 218 Å². The Morgan fingerprint density at radius 2 is 0.622 bits per heavy atom. The van der Waals surface area contributed by atoms with E-state index in [0.717, 1.165) is 106 Å². The number of hydrogen-bond donors (Lipinski definition) is 0. The molecule has 0 amide bonds. The number of benzene rings is 14. The third-order valence-corrected chi connectivity index (χ3v) is 18.1. The van der Waals surface area contributed by atoms with Gasteiger partial charge in [-0.25, -0.2) is 15.0 Å². The molecule has 18 aromatic rings. The van der Waals surface area contributed by atoms with Gasteiger partial charge in [-0.05, 0) is 189 Å². The lowest BCUT2D eigenvalue weighted by molar-refractivity contribution is 1.08. The van der Waals surface area contributed by atoms with E-state index in [-0.39, 0.29) is 0 Å². The van der Waals surface area contributed by atoms with Gasteiger partial charge in [0.2, 0.25) is 0 Å². The number of rotatable bonds is 9. The van der Waals surface area contributed by atoms with E-state index in [1.807, 2.05) is 24.5 Å². The number of pyridine rings is 2. The Morgan fingerprint density at radius 3 is 1.21 bits per heavy atom. The molecular weight excluding hydrogens is 1090 g/mol. The largest absolute Gasteiger partial charge is 0.292 e. The topological polar surface area (TPSA) is 61.4 Å². The highest BCUT2D eigenvalue weighted by molar-refractivity contribution is 6.23. The maximum absolute atomic E-state index is 5.47. The molecule has 0 saturated heterocycles. The van der Waals surface area contributed by atoms with E-state index in [1.165, 1.54) is 70.6 Å². The molecule has 4 heterocycles. The van der Waals surface area contributed by atoms with Crippen LogP contribution in [0.15, 0.2) is 316 Å². The minimum Gasteiger partial charge on any atom is -0.292 e. The summed E-state index contributed by atoms with van der Waals surface area (Å²) in [5.41, 5.74) is 19.0. The summed E-state index contributed by atoms with van der Waals surface area (Å²) in [6.07, 6.45) is 3.96. The molecule has 6 heteroatoms. The average Bonchev–Trinajstić information content (AvgIpc) is 1.10. The highest BCUT2D eigenvalue weighted by atomic mass is 15.1. The molecule has 0 bridgehead atoms. The number of fused-ring (bicyclic) bond motifs is 8. The van der Waals surface area contributed by atoms with E-state index >= 15 is 0 Å². The van der Waals surface area contributed by atoms with E-state index in [0.29, 0.717) is 0 Å². The molecule has 0 aliphatic heterocycles. The van der Waals surface area contributed by atoms with E-state index < -0.39 is 0 Å². The van der Waals surface area contributed by atoms with Gasteiger partial charge in [0.25, 0.3) is 0 Å². The van der Waals surface area contributed by atoms with Crippen LogP contribution < -0.4 is 0 Å². The summed E-state index contributed by atoms with van der Waals surface area (Å²) >= 11 is 0. The second-order valence-electron chi connectivity index (χ2n) is 23.3. The van der Waals surface area contributed by atoms with E-state index in [1.54, 1.807) is 0 Å². The first-order valence-corrected chi connectivity index (χ1v) is 30.6. The Balaban J connectivity index is 0.690. The van der Waals surface area contributed by atoms with E-state index in [9.17, 15) is 0 Å². The highest BCUT2D eigenvalue weighted by Crippen LogP contribution is 2.47. The Morgan fingerprint density at radius 1 is 0.222 bits per heavy atom. The fourth-order valence-corrected chi connectivity index (χ4v) is 14.1. The summed E-state index contributed by atoms with van der Waals surface area (Å²) < 4.78 is 4.49. The molecule has 0 aliphatic carbocycles. The first kappa shape index (κ1) is 51.1. The van der Waals surface area contributed by atoms with Crippen molar-refractivity contribution in [3.8, 4) is 90.0 Å². The van der Waals surface area contributed by atoms with Crippen molar-refractivity contribution in [3.63, 3.8) is 0 Å². The molecule has 0 radical (unpaired) electrons. The van der Waals surface area contributed by atoms with Crippen molar-refractivity contribution < 1.29 is 0 Å². The number of para-hydroxylation sites is 5. The summed E-state index contributed by atoms with van der Waals surface area (Å²) in [6.45, 7) is 0. The molecule has 14 aromatic carbocycles. The van der Waals surface area contributed by atoms with Gasteiger partial charge in [0.1, 0.15) is 11.5 Å². The molecular formula is C84H52N6. The average molecular weight is 1150 g/mol. The van der Waals surface area contributed by atoms with Gasteiger partial charge in [-0.2, -0.15) is 0 Å². The standard InChI is InChI=1S/C84H52N6/c1-2-21-63(22-3-1)90-78-36-17-15-32-74(78)88-84(90)76-34-18-33-75(86-76)82-71-29-12-10-27-69(71)80(70-28-11-13-30-72(70)82)60-42-40-57-47-56(38-39-58(57)49-60)54-43-45-64(46-44-54)89-77-35-16-14-31-73(77)87-83(89)62-50-61(51-85-52-62)81-67-25-8-6-23-65(67)79(66-24-7-9-26-68(66)81)59-41-37-53-19-4-5-20-55(53)48-59/h1-52H. The Kier molecular flexibility index (Phi) is 11.8. The molecule has 18 rings (SSSR count). The van der Waals surface area contributed by atoms with Crippen molar-refractivity contribution in [2.75, 3.05) is 0 Å². The summed E-state index contributed by atoms with van der Waals surface area (Å²) in [7, 11) is 0. The van der Waals surface area contributed by atoms with Gasteiger partial charge in [0.15, 0.2) is 5.82 Å². The summed E-state index contributed by atoms with van der Waals surface area (Å²) in [4.78, 5) is 21.0. The lowest BCUT2D eigenvalue weighted by Crippen LogP contribution is -2.00. The van der Waals surface area contributed by atoms with Crippen molar-refractivity contribution in [2.45, 2.75) is 0 Å². The SMILES string of the molecule is c1ccc(-n2c(-c3cccc(-c4c5ccccc5c(-c5ccc6cc(-c7ccc(-n8c(-c9cncc(-c%10c%11ccccc%11c(-c%11ccc%12ccccc%12c%11)c%11ccccc%10%11)c9)nc9ccccc98)cc7)ccc6c5)c5ccccc45)n3)nc3ccccc32)cc1. The van der Waals surface area contributed by atoms with E-state index in [4.69, 9.17) is 19.9 Å². The van der Waals surface area contributed by atoms with Crippen LogP contribution in [0.5, 0.6) is 0 Å². The third-order valence-electron chi connectivity index (χ3n) is 18.1. The molecule has 0 unspecified atom stereocenters. The molecule has 4 aromatic heterocycles. The van der Waals surface area contributed by atoms with Crippen LogP contribution in [0.2, 0.25) is 0 Å². The van der Waals surface area contributed by atoms with Crippen LogP contribution in [0.1, 0.15) is 0 Å². The zero-order valence-corrected chi connectivity index (χ0v) is 48.7. The second-order valence-corrected chi connectivity index (χ2v) is 23.3. The fraction of sp³-hybridized carbons (Fsp3) is 0. The summed E-state index contributed by atoms with van der Waals surface area (Å²) in [5.74, 6) is 1.64. The fourth-order valence-electron chi connectivity index (χ4n) is 14.1. The van der Waals surface area contributed by atoms with Crippen molar-refractivity contribution in [1.82, 2.24) is 29.1 Å². The predicted octanol–water partition coefficient (Wildman–Crippen LogP) is 21.7. The maximum Gasteiger partial charge on any atom is 0.164 e. The Hall–Kier alpha value is -12.1. The van der Waals surface area contributed by atoms with Crippen molar-refractivity contribution in [3.05, 3.63) is 316 Å². The highest BCUT2D eigenvalue weighted by Gasteiger charge is 2.23. The molecule has 6 nitrogen and oxygen atoms in total. The molecule has 0 spiro atoms. The quantitative estimate of drug-likeness (QED) is 0.135. The minimum atomic E-state index is 0.804. The number of imidazole rings is 2. The van der Waals surface area contributed by atoms with Crippen LogP contribution in [0.4, 0.5) is 0 Å². The molecule has 0 N–H and O–H groups in total. The first-order chi connectivity index (χ1) is 44.6. The monoisotopic (exact) mass is 1140 g/mol. The Bertz CT molecular complexity index is 5800. The molecule has 0 atom stereocenters. The van der Waals surface area contributed by atoms with Crippen LogP contribution in [-0.2, 0) is 0 Å². The van der Waals surface area contributed by atoms with Gasteiger partial charge in [0, 0.05) is 40.5 Å². The minimum absolute atomic E-state index is 0.804. The zero-order valence-electron chi connectivity index (χ0n) is 48.7. The van der Waals surface area contributed by atoms with Crippen LogP contribution in [0.3, 0.4) is 0 Å². The lowest BCUT2D eigenvalue weighted by Gasteiger charge is -2.18. The summed E-state index contributed by atoms with van der Waals surface area (Å²) in [6, 6.07) is 109. The summed E-state index contributed by atoms with van der Waals surface area (Å²) in [5, 5.41) is 14.2. The first-order valence-electron chi connectivity index (χ1n) is 30.6. The van der Waals surface area contributed by atoms with Crippen LogP contribution in [0, 0.1) is 0 Å². The van der Waals surface area contributed by atoms with Gasteiger partial charge >= 0.3 is 0 Å².